The average molecular weight is 262 g/mol. The van der Waals surface area contributed by atoms with Crippen molar-refractivity contribution in [3.8, 4) is 5.75 Å². The normalized spacial score (nSPS) is 16.7. The first kappa shape index (κ1) is 13.7. The Kier molecular flexibility index (Phi) is 4.66. The molecule has 1 aromatic rings. The van der Waals surface area contributed by atoms with Crippen LogP contribution in [0, 0.1) is 0 Å². The van der Waals surface area contributed by atoms with Crippen LogP contribution in [0.25, 0.3) is 0 Å². The number of rotatable bonds is 3. The lowest BCUT2D eigenvalue weighted by Gasteiger charge is -2.17. The van der Waals surface area contributed by atoms with Crippen molar-refractivity contribution in [1.29, 1.82) is 0 Å². The molecular formula is C15H22N2O2. The van der Waals surface area contributed by atoms with E-state index in [1.807, 2.05) is 0 Å². The minimum Gasteiger partial charge on any atom is -0.495 e. The summed E-state index contributed by atoms with van der Waals surface area (Å²) in [5.74, 6) is 0.455. The Hall–Kier alpha value is -1.71. The molecule has 0 heterocycles. The highest BCUT2D eigenvalue weighted by Crippen LogP contribution is 2.25. The van der Waals surface area contributed by atoms with Crippen molar-refractivity contribution in [2.45, 2.75) is 44.6 Å². The summed E-state index contributed by atoms with van der Waals surface area (Å²) in [5, 5.41) is 3.09. The van der Waals surface area contributed by atoms with Crippen LogP contribution in [0.2, 0.25) is 0 Å². The number of para-hydroxylation sites is 1. The molecule has 0 bridgehead atoms. The summed E-state index contributed by atoms with van der Waals surface area (Å²) >= 11 is 0. The van der Waals surface area contributed by atoms with Gasteiger partial charge in [-0.3, -0.25) is 4.79 Å². The number of carbonyl (C=O) groups excluding carboxylic acids is 1. The Morgan fingerprint density at radius 3 is 2.58 bits per heavy atom. The molecule has 2 rings (SSSR count). The zero-order valence-corrected chi connectivity index (χ0v) is 11.4. The van der Waals surface area contributed by atoms with Crippen LogP contribution in [0.4, 0.5) is 5.69 Å². The first-order valence-corrected chi connectivity index (χ1v) is 6.95. The Balaban J connectivity index is 2.06. The zero-order chi connectivity index (χ0) is 13.7. The van der Waals surface area contributed by atoms with Crippen molar-refractivity contribution in [2.24, 2.45) is 0 Å². The van der Waals surface area contributed by atoms with E-state index in [1.54, 1.807) is 25.3 Å². The molecule has 0 spiro atoms. The summed E-state index contributed by atoms with van der Waals surface area (Å²) in [5.41, 5.74) is 6.86. The molecule has 0 radical (unpaired) electrons. The number of hydrogen-bond donors (Lipinski definition) is 2. The summed E-state index contributed by atoms with van der Waals surface area (Å²) < 4.78 is 5.14. The monoisotopic (exact) mass is 262 g/mol. The first-order chi connectivity index (χ1) is 9.22. The maximum absolute atomic E-state index is 12.3. The lowest BCUT2D eigenvalue weighted by Crippen LogP contribution is -2.34. The van der Waals surface area contributed by atoms with E-state index in [2.05, 4.69) is 5.32 Å². The average Bonchev–Trinajstić information content (AvgIpc) is 2.67. The van der Waals surface area contributed by atoms with Gasteiger partial charge in [0.15, 0.2) is 0 Å². The molecule has 3 N–H and O–H groups in total. The van der Waals surface area contributed by atoms with Gasteiger partial charge < -0.3 is 15.8 Å². The van der Waals surface area contributed by atoms with Gasteiger partial charge in [-0.25, -0.2) is 0 Å². The molecule has 1 aliphatic carbocycles. The first-order valence-electron chi connectivity index (χ1n) is 6.95. The Morgan fingerprint density at radius 2 is 1.95 bits per heavy atom. The molecule has 0 atom stereocenters. The topological polar surface area (TPSA) is 64.3 Å². The lowest BCUT2D eigenvalue weighted by atomic mass is 10.1. The summed E-state index contributed by atoms with van der Waals surface area (Å²) in [4.78, 5) is 12.3. The molecule has 1 aliphatic rings. The highest BCUT2D eigenvalue weighted by Gasteiger charge is 2.18. The maximum atomic E-state index is 12.3. The van der Waals surface area contributed by atoms with E-state index in [0.717, 1.165) is 12.8 Å². The maximum Gasteiger partial charge on any atom is 0.253 e. The predicted molar refractivity (Wildman–Crippen MR) is 76.4 cm³/mol. The van der Waals surface area contributed by atoms with Gasteiger partial charge in [-0.1, -0.05) is 31.7 Å². The van der Waals surface area contributed by atoms with Gasteiger partial charge in [-0.2, -0.15) is 0 Å². The molecular weight excluding hydrogens is 240 g/mol. The third-order valence-electron chi connectivity index (χ3n) is 3.72. The van der Waals surface area contributed by atoms with E-state index in [4.69, 9.17) is 10.5 Å². The SMILES string of the molecule is COc1cccc(C(=O)NC2CCCCCC2)c1N. The van der Waals surface area contributed by atoms with Gasteiger partial charge in [0.05, 0.1) is 18.4 Å². The second-order valence-corrected chi connectivity index (χ2v) is 5.08. The third kappa shape index (κ3) is 3.40. The third-order valence-corrected chi connectivity index (χ3v) is 3.72. The fraction of sp³-hybridized carbons (Fsp3) is 0.533. The van der Waals surface area contributed by atoms with Crippen LogP contribution in [0.3, 0.4) is 0 Å². The summed E-state index contributed by atoms with van der Waals surface area (Å²) in [6.07, 6.45) is 7.06. The van der Waals surface area contributed by atoms with Gasteiger partial charge >= 0.3 is 0 Å². The molecule has 0 aromatic heterocycles. The molecule has 0 aliphatic heterocycles. The fourth-order valence-corrected chi connectivity index (χ4v) is 2.61. The highest BCUT2D eigenvalue weighted by atomic mass is 16.5. The van der Waals surface area contributed by atoms with Crippen LogP contribution in [-0.4, -0.2) is 19.1 Å². The number of amides is 1. The molecule has 19 heavy (non-hydrogen) atoms. The number of nitrogens with two attached hydrogens (primary N) is 1. The number of nitrogen functional groups attached to an aromatic ring is 1. The quantitative estimate of drug-likeness (QED) is 0.650. The summed E-state index contributed by atoms with van der Waals surface area (Å²) in [7, 11) is 1.55. The predicted octanol–water partition coefficient (Wildman–Crippen LogP) is 2.73. The molecule has 1 fully saturated rings. The van der Waals surface area contributed by atoms with Crippen molar-refractivity contribution < 1.29 is 9.53 Å². The van der Waals surface area contributed by atoms with Gasteiger partial charge in [-0.05, 0) is 25.0 Å². The minimum absolute atomic E-state index is 0.0942. The largest absolute Gasteiger partial charge is 0.495 e. The highest BCUT2D eigenvalue weighted by molar-refractivity contribution is 6.00. The molecule has 1 saturated carbocycles. The van der Waals surface area contributed by atoms with Crippen molar-refractivity contribution in [1.82, 2.24) is 5.32 Å². The number of ether oxygens (including phenoxy) is 1. The second kappa shape index (κ2) is 6.45. The Labute approximate surface area is 114 Å². The van der Waals surface area contributed by atoms with Crippen molar-refractivity contribution in [3.05, 3.63) is 23.8 Å². The van der Waals surface area contributed by atoms with E-state index in [0.29, 0.717) is 17.0 Å². The van der Waals surface area contributed by atoms with Gasteiger partial charge in [0, 0.05) is 6.04 Å². The van der Waals surface area contributed by atoms with Crippen LogP contribution in [0.15, 0.2) is 18.2 Å². The molecule has 4 heteroatoms. The molecule has 1 amide bonds. The Bertz CT molecular complexity index is 438. The van der Waals surface area contributed by atoms with E-state index < -0.39 is 0 Å². The molecule has 1 aromatic carbocycles. The minimum atomic E-state index is -0.0942. The van der Waals surface area contributed by atoms with Gasteiger partial charge in [-0.15, -0.1) is 0 Å². The van der Waals surface area contributed by atoms with Crippen LogP contribution in [-0.2, 0) is 0 Å². The molecule has 0 unspecified atom stereocenters. The van der Waals surface area contributed by atoms with Crippen molar-refractivity contribution >= 4 is 11.6 Å². The zero-order valence-electron chi connectivity index (χ0n) is 11.4. The number of benzene rings is 1. The standard InChI is InChI=1S/C15H22N2O2/c1-19-13-10-6-9-12(14(13)16)15(18)17-11-7-4-2-3-5-8-11/h6,9-11H,2-5,7-8,16H2,1H3,(H,17,18). The number of anilines is 1. The van der Waals surface area contributed by atoms with Gasteiger partial charge in [0.25, 0.3) is 5.91 Å². The summed E-state index contributed by atoms with van der Waals surface area (Å²) in [6.45, 7) is 0. The van der Waals surface area contributed by atoms with Gasteiger partial charge in [0.2, 0.25) is 0 Å². The summed E-state index contributed by atoms with van der Waals surface area (Å²) in [6, 6.07) is 5.57. The fourth-order valence-electron chi connectivity index (χ4n) is 2.61. The van der Waals surface area contributed by atoms with Crippen LogP contribution >= 0.6 is 0 Å². The van der Waals surface area contributed by atoms with E-state index in [9.17, 15) is 4.79 Å². The molecule has 0 saturated heterocycles. The van der Waals surface area contributed by atoms with Gasteiger partial charge in [0.1, 0.15) is 5.75 Å². The van der Waals surface area contributed by atoms with E-state index in [-0.39, 0.29) is 11.9 Å². The number of nitrogens with one attached hydrogen (secondary N) is 1. The number of hydrogen-bond acceptors (Lipinski definition) is 3. The molecule has 4 nitrogen and oxygen atoms in total. The number of methoxy groups -OCH3 is 1. The van der Waals surface area contributed by atoms with E-state index >= 15 is 0 Å². The number of carbonyl (C=O) groups is 1. The second-order valence-electron chi connectivity index (χ2n) is 5.08. The van der Waals surface area contributed by atoms with Crippen LogP contribution < -0.4 is 15.8 Å². The van der Waals surface area contributed by atoms with Crippen molar-refractivity contribution in [2.75, 3.05) is 12.8 Å². The Morgan fingerprint density at radius 1 is 1.26 bits per heavy atom. The smallest absolute Gasteiger partial charge is 0.253 e. The van der Waals surface area contributed by atoms with Crippen LogP contribution in [0.5, 0.6) is 5.75 Å². The lowest BCUT2D eigenvalue weighted by molar-refractivity contribution is 0.0934. The van der Waals surface area contributed by atoms with Crippen LogP contribution in [0.1, 0.15) is 48.9 Å². The molecule has 104 valence electrons. The van der Waals surface area contributed by atoms with E-state index in [1.165, 1.54) is 25.7 Å². The van der Waals surface area contributed by atoms with Crippen molar-refractivity contribution in [3.63, 3.8) is 0 Å².